The summed E-state index contributed by atoms with van der Waals surface area (Å²) in [7, 11) is 2.03. The van der Waals surface area contributed by atoms with Crippen molar-refractivity contribution in [3.8, 4) is 0 Å². The van der Waals surface area contributed by atoms with E-state index in [4.69, 9.17) is 9.15 Å². The molecule has 0 spiro atoms. The average molecular weight is 251 g/mol. The van der Waals surface area contributed by atoms with E-state index in [1.165, 1.54) is 24.0 Å². The van der Waals surface area contributed by atoms with E-state index < -0.39 is 0 Å². The lowest BCUT2D eigenvalue weighted by molar-refractivity contribution is 0.0998. The zero-order valence-corrected chi connectivity index (χ0v) is 12.0. The molecule has 0 radical (unpaired) electrons. The number of ether oxygens (including phenoxy) is 1. The van der Waals surface area contributed by atoms with Crippen LogP contribution < -0.4 is 5.32 Å². The molecule has 0 aromatic carbocycles. The van der Waals surface area contributed by atoms with Crippen LogP contribution in [0.4, 0.5) is 0 Å². The molecule has 1 saturated heterocycles. The Morgan fingerprint density at radius 1 is 1.28 bits per heavy atom. The largest absolute Gasteiger partial charge is 0.466 e. The summed E-state index contributed by atoms with van der Waals surface area (Å²) in [4.78, 5) is 0. The maximum absolute atomic E-state index is 5.73. The molecular formula is C15H25NO2. The SMILES string of the molecule is CNC(CCC1CCCO1)c1c(C)oc(C)c1C. The van der Waals surface area contributed by atoms with Crippen molar-refractivity contribution < 1.29 is 9.15 Å². The Bertz CT molecular complexity index is 391. The van der Waals surface area contributed by atoms with E-state index in [0.29, 0.717) is 12.1 Å². The molecule has 1 N–H and O–H groups in total. The summed E-state index contributed by atoms with van der Waals surface area (Å²) in [5, 5.41) is 3.42. The monoisotopic (exact) mass is 251 g/mol. The first kappa shape index (κ1) is 13.6. The van der Waals surface area contributed by atoms with Gasteiger partial charge in [0.15, 0.2) is 0 Å². The first-order valence-electron chi connectivity index (χ1n) is 6.98. The second-order valence-corrected chi connectivity index (χ2v) is 5.31. The van der Waals surface area contributed by atoms with Gasteiger partial charge in [-0.25, -0.2) is 0 Å². The van der Waals surface area contributed by atoms with Gasteiger partial charge in [-0.05, 0) is 59.1 Å². The zero-order chi connectivity index (χ0) is 13.1. The van der Waals surface area contributed by atoms with E-state index in [2.05, 4.69) is 19.2 Å². The van der Waals surface area contributed by atoms with Gasteiger partial charge in [-0.1, -0.05) is 0 Å². The fourth-order valence-electron chi connectivity index (χ4n) is 2.98. The van der Waals surface area contributed by atoms with E-state index in [-0.39, 0.29) is 0 Å². The minimum atomic E-state index is 0.381. The fourth-order valence-corrected chi connectivity index (χ4v) is 2.98. The van der Waals surface area contributed by atoms with Crippen LogP contribution in [0, 0.1) is 20.8 Å². The maximum atomic E-state index is 5.73. The van der Waals surface area contributed by atoms with Crippen molar-refractivity contribution in [2.45, 2.75) is 58.6 Å². The maximum Gasteiger partial charge on any atom is 0.106 e. The molecule has 1 aromatic heterocycles. The van der Waals surface area contributed by atoms with Gasteiger partial charge in [-0.3, -0.25) is 0 Å². The number of furan rings is 1. The highest BCUT2D eigenvalue weighted by atomic mass is 16.5. The molecule has 0 bridgehead atoms. The standard InChI is InChI=1S/C15H25NO2/c1-10-11(2)18-12(3)15(10)14(16-4)8-7-13-6-5-9-17-13/h13-14,16H,5-9H2,1-4H3. The van der Waals surface area contributed by atoms with E-state index in [0.717, 1.165) is 31.0 Å². The predicted octanol–water partition coefficient (Wildman–Crippen LogP) is 3.42. The van der Waals surface area contributed by atoms with Crippen LogP contribution in [-0.4, -0.2) is 19.8 Å². The van der Waals surface area contributed by atoms with Crippen molar-refractivity contribution in [2.75, 3.05) is 13.7 Å². The fraction of sp³-hybridized carbons (Fsp3) is 0.733. The van der Waals surface area contributed by atoms with Gasteiger partial charge in [0.2, 0.25) is 0 Å². The summed E-state index contributed by atoms with van der Waals surface area (Å²) in [6.07, 6.45) is 5.15. The van der Waals surface area contributed by atoms with Gasteiger partial charge in [0.1, 0.15) is 11.5 Å². The summed E-state index contributed by atoms with van der Waals surface area (Å²) in [6.45, 7) is 7.19. The highest BCUT2D eigenvalue weighted by Gasteiger charge is 2.22. The molecular weight excluding hydrogens is 226 g/mol. The lowest BCUT2D eigenvalue weighted by Crippen LogP contribution is -2.19. The van der Waals surface area contributed by atoms with Gasteiger partial charge in [-0.2, -0.15) is 0 Å². The van der Waals surface area contributed by atoms with Crippen LogP contribution in [0.2, 0.25) is 0 Å². The molecule has 1 aliphatic heterocycles. The van der Waals surface area contributed by atoms with Crippen molar-refractivity contribution in [1.29, 1.82) is 0 Å². The van der Waals surface area contributed by atoms with E-state index in [1.807, 2.05) is 14.0 Å². The van der Waals surface area contributed by atoms with Gasteiger partial charge >= 0.3 is 0 Å². The van der Waals surface area contributed by atoms with Crippen LogP contribution in [-0.2, 0) is 4.74 Å². The van der Waals surface area contributed by atoms with Crippen molar-refractivity contribution >= 4 is 0 Å². The van der Waals surface area contributed by atoms with Crippen LogP contribution in [0.1, 0.15) is 54.4 Å². The molecule has 2 atom stereocenters. The first-order chi connectivity index (χ1) is 8.63. The minimum Gasteiger partial charge on any atom is -0.466 e. The third-order valence-corrected chi connectivity index (χ3v) is 4.12. The summed E-state index contributed by atoms with van der Waals surface area (Å²) in [5.74, 6) is 2.09. The van der Waals surface area contributed by atoms with Crippen LogP contribution in [0.15, 0.2) is 4.42 Å². The number of rotatable bonds is 5. The van der Waals surface area contributed by atoms with Crippen LogP contribution in [0.3, 0.4) is 0 Å². The molecule has 1 aliphatic rings. The quantitative estimate of drug-likeness (QED) is 0.870. The summed E-state index contributed by atoms with van der Waals surface area (Å²) in [5.41, 5.74) is 2.63. The Morgan fingerprint density at radius 3 is 2.56 bits per heavy atom. The molecule has 1 fully saturated rings. The van der Waals surface area contributed by atoms with Gasteiger partial charge < -0.3 is 14.5 Å². The topological polar surface area (TPSA) is 34.4 Å². The van der Waals surface area contributed by atoms with Gasteiger partial charge in [0.05, 0.1) is 6.10 Å². The molecule has 1 aromatic rings. The van der Waals surface area contributed by atoms with Crippen molar-refractivity contribution in [1.82, 2.24) is 5.32 Å². The molecule has 2 rings (SSSR count). The van der Waals surface area contributed by atoms with Crippen LogP contribution in [0.25, 0.3) is 0 Å². The Morgan fingerprint density at radius 2 is 2.06 bits per heavy atom. The second-order valence-electron chi connectivity index (χ2n) is 5.31. The van der Waals surface area contributed by atoms with E-state index >= 15 is 0 Å². The molecule has 3 nitrogen and oxygen atoms in total. The third-order valence-electron chi connectivity index (χ3n) is 4.12. The molecule has 0 amide bonds. The molecule has 102 valence electrons. The van der Waals surface area contributed by atoms with Crippen LogP contribution >= 0.6 is 0 Å². The molecule has 0 aliphatic carbocycles. The average Bonchev–Trinajstić information content (AvgIpc) is 2.93. The highest BCUT2D eigenvalue weighted by molar-refractivity contribution is 5.34. The number of nitrogens with one attached hydrogen (secondary N) is 1. The van der Waals surface area contributed by atoms with Crippen molar-refractivity contribution in [2.24, 2.45) is 0 Å². The van der Waals surface area contributed by atoms with Crippen molar-refractivity contribution in [3.63, 3.8) is 0 Å². The minimum absolute atomic E-state index is 0.381. The molecule has 18 heavy (non-hydrogen) atoms. The Balaban J connectivity index is 2.03. The molecule has 2 unspecified atom stereocenters. The van der Waals surface area contributed by atoms with Gasteiger partial charge in [-0.15, -0.1) is 0 Å². The second kappa shape index (κ2) is 5.89. The Hall–Kier alpha value is -0.800. The van der Waals surface area contributed by atoms with Gasteiger partial charge in [0, 0.05) is 18.2 Å². The highest BCUT2D eigenvalue weighted by Crippen LogP contribution is 2.31. The summed E-state index contributed by atoms with van der Waals surface area (Å²) >= 11 is 0. The molecule has 0 saturated carbocycles. The number of hydrogen-bond acceptors (Lipinski definition) is 3. The van der Waals surface area contributed by atoms with E-state index in [9.17, 15) is 0 Å². The Labute approximate surface area is 110 Å². The summed E-state index contributed by atoms with van der Waals surface area (Å²) < 4.78 is 11.4. The van der Waals surface area contributed by atoms with Crippen LogP contribution in [0.5, 0.6) is 0 Å². The molecule has 3 heteroatoms. The predicted molar refractivity (Wildman–Crippen MR) is 72.9 cm³/mol. The third kappa shape index (κ3) is 2.78. The van der Waals surface area contributed by atoms with E-state index in [1.54, 1.807) is 0 Å². The zero-order valence-electron chi connectivity index (χ0n) is 12.0. The normalized spacial score (nSPS) is 21.4. The number of aryl methyl sites for hydroxylation is 2. The first-order valence-corrected chi connectivity index (χ1v) is 6.98. The number of hydrogen-bond donors (Lipinski definition) is 1. The van der Waals surface area contributed by atoms with Gasteiger partial charge in [0.25, 0.3) is 0 Å². The van der Waals surface area contributed by atoms with Crippen molar-refractivity contribution in [3.05, 3.63) is 22.6 Å². The molecule has 2 heterocycles. The lowest BCUT2D eigenvalue weighted by Gasteiger charge is -2.19. The Kier molecular flexibility index (Phi) is 4.46. The lowest BCUT2D eigenvalue weighted by atomic mass is 9.96. The smallest absolute Gasteiger partial charge is 0.106 e. The summed E-state index contributed by atoms with van der Waals surface area (Å²) in [6, 6.07) is 0.381.